The monoisotopic (exact) mass is 384 g/mol. The van der Waals surface area contributed by atoms with Gasteiger partial charge in [-0.3, -0.25) is 0 Å². The van der Waals surface area contributed by atoms with Gasteiger partial charge in [0.2, 0.25) is 0 Å². The van der Waals surface area contributed by atoms with Crippen LogP contribution < -0.4 is 5.73 Å². The Morgan fingerprint density at radius 3 is 2.11 bits per heavy atom. The zero-order valence-electron chi connectivity index (χ0n) is 16.2. The Morgan fingerprint density at radius 1 is 1.07 bits per heavy atom. The molecule has 1 aliphatic carbocycles. The van der Waals surface area contributed by atoms with Crippen LogP contribution in [0, 0.1) is 39.3 Å². The molecular formula is C21H25FN4O2. The molecule has 148 valence electrons. The number of rotatable bonds is 9. The summed E-state index contributed by atoms with van der Waals surface area (Å²) in [5, 5.41) is 20.3. The molecule has 0 aromatic heterocycles. The summed E-state index contributed by atoms with van der Waals surface area (Å²) in [7, 11) is 0. The smallest absolute Gasteiger partial charge is 0.293 e. The fourth-order valence-corrected chi connectivity index (χ4v) is 4.22. The lowest BCUT2D eigenvalue weighted by molar-refractivity contribution is -0.260. The van der Waals surface area contributed by atoms with Gasteiger partial charge in [-0.25, -0.2) is 9.38 Å². The van der Waals surface area contributed by atoms with Gasteiger partial charge in [-0.05, 0) is 30.5 Å². The Labute approximate surface area is 164 Å². The van der Waals surface area contributed by atoms with Gasteiger partial charge < -0.3 is 15.2 Å². The normalized spacial score (nSPS) is 29.5. The number of nitrogens with two attached hydrogens (primary N) is 1. The molecule has 1 aromatic rings. The molecule has 3 rings (SSSR count). The number of aliphatic imine (C=N–C) groups is 1. The first-order valence-corrected chi connectivity index (χ1v) is 9.71. The second kappa shape index (κ2) is 7.50. The fourth-order valence-electron chi connectivity index (χ4n) is 4.22. The highest BCUT2D eigenvalue weighted by Gasteiger charge is 2.93. The van der Waals surface area contributed by atoms with Gasteiger partial charge in [-0.2, -0.15) is 10.5 Å². The molecular weight excluding hydrogens is 359 g/mol. The zero-order chi connectivity index (χ0) is 20.4. The van der Waals surface area contributed by atoms with E-state index in [1.165, 1.54) is 12.1 Å². The average molecular weight is 384 g/mol. The first-order valence-electron chi connectivity index (χ1n) is 9.71. The second-order valence-corrected chi connectivity index (χ2v) is 7.31. The molecule has 1 aliphatic heterocycles. The van der Waals surface area contributed by atoms with Crippen molar-refractivity contribution in [3.05, 3.63) is 35.6 Å². The molecule has 1 heterocycles. The molecule has 0 spiro atoms. The van der Waals surface area contributed by atoms with Crippen LogP contribution in [0.4, 0.5) is 4.39 Å². The highest BCUT2D eigenvalue weighted by atomic mass is 19.1. The second-order valence-electron chi connectivity index (χ2n) is 7.31. The molecule has 0 bridgehead atoms. The molecule has 1 aromatic carbocycles. The quantitative estimate of drug-likeness (QED) is 0.517. The minimum absolute atomic E-state index is 0.0406. The number of hydrogen-bond acceptors (Lipinski definition) is 6. The van der Waals surface area contributed by atoms with Crippen LogP contribution in [0.2, 0.25) is 0 Å². The summed E-state index contributed by atoms with van der Waals surface area (Å²) in [5.41, 5.74) is 4.10. The van der Waals surface area contributed by atoms with E-state index >= 15 is 0 Å². The lowest BCUT2D eigenvalue weighted by atomic mass is 9.93. The number of unbranched alkanes of at least 4 members (excludes halogenated alkanes) is 2. The lowest BCUT2D eigenvalue weighted by Gasteiger charge is -2.32. The zero-order valence-corrected chi connectivity index (χ0v) is 16.2. The van der Waals surface area contributed by atoms with E-state index in [4.69, 9.17) is 15.2 Å². The van der Waals surface area contributed by atoms with Gasteiger partial charge in [0.1, 0.15) is 17.1 Å². The van der Waals surface area contributed by atoms with Crippen LogP contribution in [-0.2, 0) is 9.47 Å². The number of halogens is 1. The van der Waals surface area contributed by atoms with Crippen LogP contribution in [0.25, 0.3) is 0 Å². The van der Waals surface area contributed by atoms with Crippen LogP contribution in [-0.4, -0.2) is 25.0 Å². The molecule has 6 nitrogen and oxygen atoms in total. The number of ether oxygens (including phenoxy) is 2. The molecule has 7 heteroatoms. The molecule has 0 saturated heterocycles. The van der Waals surface area contributed by atoms with E-state index in [0.717, 1.165) is 25.7 Å². The van der Waals surface area contributed by atoms with Crippen LogP contribution in [0.5, 0.6) is 0 Å². The van der Waals surface area contributed by atoms with E-state index in [1.54, 1.807) is 12.1 Å². The van der Waals surface area contributed by atoms with E-state index in [-0.39, 0.29) is 5.84 Å². The lowest BCUT2D eigenvalue weighted by Crippen LogP contribution is -2.44. The third-order valence-corrected chi connectivity index (χ3v) is 5.72. The first kappa shape index (κ1) is 20.3. The van der Waals surface area contributed by atoms with Gasteiger partial charge in [0.15, 0.2) is 5.41 Å². The van der Waals surface area contributed by atoms with E-state index in [0.29, 0.717) is 18.8 Å². The van der Waals surface area contributed by atoms with Crippen molar-refractivity contribution in [3.8, 4) is 12.1 Å². The van der Waals surface area contributed by atoms with Gasteiger partial charge in [0.05, 0.1) is 25.4 Å². The number of nitrogens with zero attached hydrogens (tertiary/aromatic N) is 3. The van der Waals surface area contributed by atoms with Crippen LogP contribution in [0.1, 0.15) is 51.0 Å². The Balaban J connectivity index is 2.08. The number of amidine groups is 1. The molecule has 0 unspecified atom stereocenters. The third kappa shape index (κ3) is 2.54. The van der Waals surface area contributed by atoms with Crippen molar-refractivity contribution >= 4 is 5.84 Å². The minimum Gasteiger partial charge on any atom is -0.386 e. The molecule has 2 aliphatic rings. The van der Waals surface area contributed by atoms with Crippen molar-refractivity contribution in [2.75, 3.05) is 13.2 Å². The predicted octanol–water partition coefficient (Wildman–Crippen LogP) is 3.60. The molecule has 28 heavy (non-hydrogen) atoms. The average Bonchev–Trinajstić information content (AvgIpc) is 3.27. The summed E-state index contributed by atoms with van der Waals surface area (Å²) in [5.74, 6) is -2.58. The highest BCUT2D eigenvalue weighted by Crippen LogP contribution is 2.82. The van der Waals surface area contributed by atoms with Crippen molar-refractivity contribution in [3.63, 3.8) is 0 Å². The Hall–Kier alpha value is -2.48. The molecule has 1 fully saturated rings. The Bertz CT molecular complexity index is 831. The van der Waals surface area contributed by atoms with Crippen LogP contribution in [0.15, 0.2) is 29.3 Å². The van der Waals surface area contributed by atoms with Crippen LogP contribution in [0.3, 0.4) is 0 Å². The maximum atomic E-state index is 13.4. The van der Waals surface area contributed by atoms with Gasteiger partial charge in [-0.15, -0.1) is 0 Å². The van der Waals surface area contributed by atoms with Crippen molar-refractivity contribution in [1.82, 2.24) is 0 Å². The summed E-state index contributed by atoms with van der Waals surface area (Å²) >= 11 is 0. The van der Waals surface area contributed by atoms with E-state index < -0.39 is 28.5 Å². The number of nitriles is 2. The highest BCUT2D eigenvalue weighted by molar-refractivity contribution is 6.00. The molecule has 0 amide bonds. The van der Waals surface area contributed by atoms with Crippen molar-refractivity contribution in [2.24, 2.45) is 21.6 Å². The van der Waals surface area contributed by atoms with Crippen molar-refractivity contribution in [1.29, 1.82) is 10.5 Å². The number of benzene rings is 1. The van der Waals surface area contributed by atoms with E-state index in [1.807, 2.05) is 13.8 Å². The van der Waals surface area contributed by atoms with Gasteiger partial charge in [-0.1, -0.05) is 38.8 Å². The molecule has 0 radical (unpaired) electrons. The van der Waals surface area contributed by atoms with Crippen molar-refractivity contribution < 1.29 is 13.9 Å². The minimum atomic E-state index is -1.63. The Kier molecular flexibility index (Phi) is 5.43. The molecule has 1 saturated carbocycles. The standard InChI is InChI=1S/C21H25FN4O2/c1-3-5-11-27-21(28-12-6-4-2)20(14-24)17(15-7-9-16(22)10-8-15)19(20,13-23)18(25)26-21/h7-10,17H,3-6,11-12H2,1-2H3,(H2,25,26)/t17-,19-,20-/m0/s1. The summed E-state index contributed by atoms with van der Waals surface area (Å²) < 4.78 is 25.5. The van der Waals surface area contributed by atoms with E-state index in [9.17, 15) is 14.9 Å². The van der Waals surface area contributed by atoms with Crippen LogP contribution >= 0.6 is 0 Å². The first-order chi connectivity index (χ1) is 13.5. The van der Waals surface area contributed by atoms with Gasteiger partial charge in [0, 0.05) is 5.92 Å². The number of fused-ring (bicyclic) bond motifs is 1. The largest absolute Gasteiger partial charge is 0.386 e. The summed E-state index contributed by atoms with van der Waals surface area (Å²) in [6, 6.07) is 10.3. The molecule has 3 atom stereocenters. The third-order valence-electron chi connectivity index (χ3n) is 5.72. The van der Waals surface area contributed by atoms with Gasteiger partial charge >= 0.3 is 0 Å². The Morgan fingerprint density at radius 2 is 1.64 bits per heavy atom. The number of hydrogen-bond donors (Lipinski definition) is 1. The summed E-state index contributed by atoms with van der Waals surface area (Å²) in [6.07, 6.45) is 3.32. The van der Waals surface area contributed by atoms with E-state index in [2.05, 4.69) is 17.1 Å². The maximum Gasteiger partial charge on any atom is 0.293 e. The topological polar surface area (TPSA) is 104 Å². The van der Waals surface area contributed by atoms with Crippen molar-refractivity contribution in [2.45, 2.75) is 51.4 Å². The summed E-state index contributed by atoms with van der Waals surface area (Å²) in [4.78, 5) is 4.40. The summed E-state index contributed by atoms with van der Waals surface area (Å²) in [6.45, 7) is 4.72. The SMILES string of the molecule is CCCCOC1(OCCCC)N=C(N)[C@]2(C#N)[C@H](c3ccc(F)cc3)[C@]12C#N. The van der Waals surface area contributed by atoms with Gasteiger partial charge in [0.25, 0.3) is 5.91 Å². The fraction of sp³-hybridized carbons (Fsp3) is 0.571. The predicted molar refractivity (Wildman–Crippen MR) is 101 cm³/mol. The maximum absolute atomic E-state index is 13.4. The molecule has 2 N–H and O–H groups in total.